The number of hydrogen-bond donors (Lipinski definition) is 1. The second-order valence-corrected chi connectivity index (χ2v) is 3.40. The van der Waals surface area contributed by atoms with Gasteiger partial charge >= 0.3 is 0 Å². The minimum absolute atomic E-state index is 0.281. The third-order valence-corrected chi connectivity index (χ3v) is 2.17. The van der Waals surface area contributed by atoms with Gasteiger partial charge in [-0.3, -0.25) is 0 Å². The monoisotopic (exact) mass is 208 g/mol. The number of rotatable bonds is 3. The summed E-state index contributed by atoms with van der Waals surface area (Å²) in [5.74, 6) is 7.42. The van der Waals surface area contributed by atoms with Crippen LogP contribution in [0.1, 0.15) is 19.7 Å². The SMILES string of the molecule is CC#CCSc1nc(N)nc(CC)n1. The molecule has 1 aromatic heterocycles. The van der Waals surface area contributed by atoms with Gasteiger partial charge in [-0.25, -0.2) is 4.98 Å². The Labute approximate surface area is 87.7 Å². The Kier molecular flexibility index (Phi) is 4.20. The van der Waals surface area contributed by atoms with Gasteiger partial charge in [-0.2, -0.15) is 9.97 Å². The molecule has 1 rings (SSSR count). The van der Waals surface area contributed by atoms with E-state index in [9.17, 15) is 0 Å². The molecule has 0 atom stereocenters. The van der Waals surface area contributed by atoms with E-state index in [1.165, 1.54) is 11.8 Å². The molecule has 14 heavy (non-hydrogen) atoms. The number of nitrogens with two attached hydrogens (primary N) is 1. The first-order valence-electron chi connectivity index (χ1n) is 4.29. The molecule has 2 N–H and O–H groups in total. The second-order valence-electron chi connectivity index (χ2n) is 2.46. The zero-order valence-electron chi connectivity index (χ0n) is 8.24. The average Bonchev–Trinajstić information content (AvgIpc) is 2.17. The van der Waals surface area contributed by atoms with Gasteiger partial charge in [-0.15, -0.1) is 5.92 Å². The van der Waals surface area contributed by atoms with Crippen molar-refractivity contribution in [2.45, 2.75) is 25.4 Å². The van der Waals surface area contributed by atoms with Gasteiger partial charge < -0.3 is 5.73 Å². The van der Waals surface area contributed by atoms with Crippen molar-refractivity contribution >= 4 is 17.7 Å². The zero-order chi connectivity index (χ0) is 10.4. The molecule has 0 bridgehead atoms. The molecule has 0 radical (unpaired) electrons. The van der Waals surface area contributed by atoms with Crippen LogP contribution in [-0.2, 0) is 6.42 Å². The summed E-state index contributed by atoms with van der Waals surface area (Å²) in [7, 11) is 0. The van der Waals surface area contributed by atoms with Crippen molar-refractivity contribution in [2.75, 3.05) is 11.5 Å². The molecule has 0 aromatic carbocycles. The lowest BCUT2D eigenvalue weighted by molar-refractivity contribution is 0.826. The number of thioether (sulfide) groups is 1. The molecule has 0 unspecified atom stereocenters. The highest BCUT2D eigenvalue weighted by molar-refractivity contribution is 7.99. The van der Waals surface area contributed by atoms with Crippen LogP contribution in [0.15, 0.2) is 5.16 Å². The number of nitrogen functional groups attached to an aromatic ring is 1. The molecule has 1 aromatic rings. The summed E-state index contributed by atoms with van der Waals surface area (Å²) in [6.07, 6.45) is 0.764. The van der Waals surface area contributed by atoms with Crippen LogP contribution in [0.2, 0.25) is 0 Å². The lowest BCUT2D eigenvalue weighted by Crippen LogP contribution is -2.03. The molecule has 1 heterocycles. The van der Waals surface area contributed by atoms with E-state index in [2.05, 4.69) is 26.8 Å². The smallest absolute Gasteiger partial charge is 0.224 e. The number of nitrogens with zero attached hydrogens (tertiary/aromatic N) is 3. The standard InChI is InChI=1S/C9H12N4S/c1-3-5-6-14-9-12-7(4-2)11-8(10)13-9/h4,6H2,1-2H3,(H2,10,11,12,13). The van der Waals surface area contributed by atoms with E-state index in [0.29, 0.717) is 10.9 Å². The molecule has 0 aliphatic rings. The predicted molar refractivity (Wildman–Crippen MR) is 57.8 cm³/mol. The van der Waals surface area contributed by atoms with E-state index in [1.807, 2.05) is 6.92 Å². The third kappa shape index (κ3) is 3.23. The fraction of sp³-hybridized carbons (Fsp3) is 0.444. The number of aromatic nitrogens is 3. The van der Waals surface area contributed by atoms with E-state index in [0.717, 1.165) is 12.2 Å². The van der Waals surface area contributed by atoms with Crippen molar-refractivity contribution in [1.29, 1.82) is 0 Å². The maximum Gasteiger partial charge on any atom is 0.224 e. The molecule has 0 aliphatic carbocycles. The van der Waals surface area contributed by atoms with Crippen molar-refractivity contribution in [2.24, 2.45) is 0 Å². The lowest BCUT2D eigenvalue weighted by atomic mass is 10.5. The average molecular weight is 208 g/mol. The molecule has 0 saturated carbocycles. The normalized spacial score (nSPS) is 9.29. The van der Waals surface area contributed by atoms with E-state index in [4.69, 9.17) is 5.73 Å². The van der Waals surface area contributed by atoms with Gasteiger partial charge in [0, 0.05) is 6.42 Å². The third-order valence-electron chi connectivity index (χ3n) is 1.44. The minimum atomic E-state index is 0.281. The highest BCUT2D eigenvalue weighted by atomic mass is 32.2. The van der Waals surface area contributed by atoms with E-state index in [1.54, 1.807) is 6.92 Å². The van der Waals surface area contributed by atoms with Crippen LogP contribution in [0.3, 0.4) is 0 Å². The fourth-order valence-electron chi connectivity index (χ4n) is 0.811. The Balaban J connectivity index is 2.74. The van der Waals surface area contributed by atoms with Gasteiger partial charge in [-0.05, 0) is 6.92 Å². The van der Waals surface area contributed by atoms with E-state index < -0.39 is 0 Å². The summed E-state index contributed by atoms with van der Waals surface area (Å²) in [6, 6.07) is 0. The first-order chi connectivity index (χ1) is 6.76. The van der Waals surface area contributed by atoms with Crippen molar-refractivity contribution in [3.05, 3.63) is 5.82 Å². The number of anilines is 1. The van der Waals surface area contributed by atoms with Crippen LogP contribution in [0, 0.1) is 11.8 Å². The van der Waals surface area contributed by atoms with Crippen LogP contribution in [0.5, 0.6) is 0 Å². The molecule has 0 saturated heterocycles. The Morgan fingerprint density at radius 2 is 2.14 bits per heavy atom. The topological polar surface area (TPSA) is 64.7 Å². The molecule has 4 nitrogen and oxygen atoms in total. The molecule has 0 aliphatic heterocycles. The first kappa shape index (κ1) is 10.8. The molecular weight excluding hydrogens is 196 g/mol. The Hall–Kier alpha value is -1.28. The summed E-state index contributed by atoms with van der Waals surface area (Å²) in [4.78, 5) is 12.2. The summed E-state index contributed by atoms with van der Waals surface area (Å²) < 4.78 is 0. The first-order valence-corrected chi connectivity index (χ1v) is 5.27. The van der Waals surface area contributed by atoms with Crippen LogP contribution < -0.4 is 5.73 Å². The van der Waals surface area contributed by atoms with Gasteiger partial charge in [0.25, 0.3) is 0 Å². The van der Waals surface area contributed by atoms with Crippen LogP contribution in [-0.4, -0.2) is 20.7 Å². The van der Waals surface area contributed by atoms with E-state index in [-0.39, 0.29) is 5.95 Å². The zero-order valence-corrected chi connectivity index (χ0v) is 9.06. The Bertz CT molecular complexity index is 367. The van der Waals surface area contributed by atoms with Crippen LogP contribution >= 0.6 is 11.8 Å². The summed E-state index contributed by atoms with van der Waals surface area (Å²) in [5.41, 5.74) is 5.53. The largest absolute Gasteiger partial charge is 0.368 e. The van der Waals surface area contributed by atoms with Crippen molar-refractivity contribution in [3.8, 4) is 11.8 Å². The number of hydrogen-bond acceptors (Lipinski definition) is 5. The summed E-state index contributed by atoms with van der Waals surface area (Å²) in [5, 5.41) is 0.650. The fourth-order valence-corrected chi connectivity index (χ4v) is 1.48. The van der Waals surface area contributed by atoms with E-state index >= 15 is 0 Å². The highest BCUT2D eigenvalue weighted by Gasteiger charge is 2.02. The molecule has 5 heteroatoms. The van der Waals surface area contributed by atoms with Crippen LogP contribution in [0.25, 0.3) is 0 Å². The molecule has 0 spiro atoms. The van der Waals surface area contributed by atoms with Gasteiger partial charge in [0.05, 0.1) is 5.75 Å². The van der Waals surface area contributed by atoms with Gasteiger partial charge in [0.1, 0.15) is 5.82 Å². The second kappa shape index (κ2) is 5.45. The van der Waals surface area contributed by atoms with Crippen molar-refractivity contribution < 1.29 is 0 Å². The molecule has 74 valence electrons. The van der Waals surface area contributed by atoms with Gasteiger partial charge in [-0.1, -0.05) is 24.6 Å². The van der Waals surface area contributed by atoms with Crippen molar-refractivity contribution in [3.63, 3.8) is 0 Å². The Morgan fingerprint density at radius 3 is 2.79 bits per heavy atom. The maximum absolute atomic E-state index is 5.53. The van der Waals surface area contributed by atoms with Crippen molar-refractivity contribution in [1.82, 2.24) is 15.0 Å². The molecular formula is C9H12N4S. The summed E-state index contributed by atoms with van der Waals surface area (Å²) in [6.45, 7) is 3.79. The number of aryl methyl sites for hydroxylation is 1. The van der Waals surface area contributed by atoms with Gasteiger partial charge in [0.2, 0.25) is 5.95 Å². The predicted octanol–water partition coefficient (Wildman–Crippen LogP) is 1.13. The molecule has 0 fully saturated rings. The van der Waals surface area contributed by atoms with Gasteiger partial charge in [0.15, 0.2) is 5.16 Å². The lowest BCUT2D eigenvalue weighted by Gasteiger charge is -2.00. The van der Waals surface area contributed by atoms with Crippen LogP contribution in [0.4, 0.5) is 5.95 Å². The quantitative estimate of drug-likeness (QED) is 0.596. The maximum atomic E-state index is 5.53. The minimum Gasteiger partial charge on any atom is -0.368 e. The summed E-state index contributed by atoms with van der Waals surface area (Å²) >= 11 is 1.47. The Morgan fingerprint density at radius 1 is 1.36 bits per heavy atom. The molecule has 0 amide bonds. The highest BCUT2D eigenvalue weighted by Crippen LogP contribution is 2.12.